The molecule has 0 aromatic heterocycles. The van der Waals surface area contributed by atoms with Crippen molar-refractivity contribution < 1.29 is 15.0 Å². The topological polar surface area (TPSA) is 57.5 Å². The van der Waals surface area contributed by atoms with Crippen LogP contribution in [0.1, 0.15) is 45.4 Å². The molecule has 0 aliphatic rings. The first-order chi connectivity index (χ1) is 6.16. The molecule has 0 aromatic rings. The van der Waals surface area contributed by atoms with Gasteiger partial charge in [0.15, 0.2) is 0 Å². The second-order valence-electron chi connectivity index (χ2n) is 3.14. The number of hydrogen-bond acceptors (Lipinski definition) is 2. The molecular weight excluding hydrogens is 168 g/mol. The van der Waals surface area contributed by atoms with Crippen molar-refractivity contribution >= 4 is 5.97 Å². The third kappa shape index (κ3) is 8.92. The van der Waals surface area contributed by atoms with Gasteiger partial charge in [0.1, 0.15) is 0 Å². The van der Waals surface area contributed by atoms with Crippen LogP contribution < -0.4 is 0 Å². The Morgan fingerprint density at radius 1 is 1.15 bits per heavy atom. The van der Waals surface area contributed by atoms with Gasteiger partial charge in [-0.3, -0.25) is 0 Å². The molecule has 0 saturated heterocycles. The Labute approximate surface area is 79.1 Å². The number of unbranched alkanes of at least 4 members (excludes halogenated alkanes) is 4. The van der Waals surface area contributed by atoms with Crippen molar-refractivity contribution in [3.8, 4) is 0 Å². The molecule has 2 N–H and O–H groups in total. The Balaban J connectivity index is 3.37. The summed E-state index contributed by atoms with van der Waals surface area (Å²) in [7, 11) is 0. The van der Waals surface area contributed by atoms with Crippen molar-refractivity contribution in [3.63, 3.8) is 0 Å². The number of hydrogen-bond donors (Lipinski definition) is 2. The van der Waals surface area contributed by atoms with Crippen LogP contribution in [0.5, 0.6) is 0 Å². The number of carbonyl (C=O) groups is 1. The molecule has 0 radical (unpaired) electrons. The first-order valence-corrected chi connectivity index (χ1v) is 4.79. The van der Waals surface area contributed by atoms with Gasteiger partial charge < -0.3 is 10.2 Å². The predicted octanol–water partition coefficient (Wildman–Crippen LogP) is 2.87. The third-order valence-electron chi connectivity index (χ3n) is 1.83. The second-order valence-corrected chi connectivity index (χ2v) is 3.14. The average molecular weight is 186 g/mol. The standard InChI is InChI=1S/C10H18O3/c1-2-3-4-5-6-7-9(11)8-10(12)13/h8,11H,2-7H2,1H3,(H,12,13)/b9-8+. The summed E-state index contributed by atoms with van der Waals surface area (Å²) in [5.41, 5.74) is 0. The van der Waals surface area contributed by atoms with Gasteiger partial charge in [-0.05, 0) is 6.42 Å². The minimum absolute atomic E-state index is 0.0241. The van der Waals surface area contributed by atoms with Crippen molar-refractivity contribution in [2.75, 3.05) is 0 Å². The van der Waals surface area contributed by atoms with Gasteiger partial charge in [0.25, 0.3) is 0 Å². The van der Waals surface area contributed by atoms with Gasteiger partial charge in [-0.1, -0.05) is 32.6 Å². The zero-order chi connectivity index (χ0) is 10.1. The van der Waals surface area contributed by atoms with E-state index in [-0.39, 0.29) is 5.76 Å². The van der Waals surface area contributed by atoms with Gasteiger partial charge in [0.2, 0.25) is 0 Å². The van der Waals surface area contributed by atoms with Crippen molar-refractivity contribution in [1.29, 1.82) is 0 Å². The first-order valence-electron chi connectivity index (χ1n) is 4.79. The minimum Gasteiger partial charge on any atom is -0.512 e. The summed E-state index contributed by atoms with van der Waals surface area (Å²) < 4.78 is 0. The fourth-order valence-corrected chi connectivity index (χ4v) is 1.12. The maximum atomic E-state index is 10.1. The Bertz CT molecular complexity index is 173. The normalized spacial score (nSPS) is 11.6. The Hall–Kier alpha value is -0.990. The fourth-order valence-electron chi connectivity index (χ4n) is 1.12. The third-order valence-corrected chi connectivity index (χ3v) is 1.83. The molecule has 3 nitrogen and oxygen atoms in total. The van der Waals surface area contributed by atoms with Crippen molar-refractivity contribution in [2.45, 2.75) is 45.4 Å². The lowest BCUT2D eigenvalue weighted by molar-refractivity contribution is -0.131. The van der Waals surface area contributed by atoms with E-state index in [9.17, 15) is 4.79 Å². The molecule has 0 atom stereocenters. The van der Waals surface area contributed by atoms with E-state index >= 15 is 0 Å². The number of aliphatic hydroxyl groups excluding tert-OH is 1. The van der Waals surface area contributed by atoms with E-state index in [1.54, 1.807) is 0 Å². The largest absolute Gasteiger partial charge is 0.512 e. The molecule has 0 fully saturated rings. The number of allylic oxidation sites excluding steroid dienone is 1. The van der Waals surface area contributed by atoms with Crippen molar-refractivity contribution in [1.82, 2.24) is 0 Å². The van der Waals surface area contributed by atoms with Crippen LogP contribution in [0.15, 0.2) is 11.8 Å². The van der Waals surface area contributed by atoms with Gasteiger partial charge in [0.05, 0.1) is 11.8 Å². The van der Waals surface area contributed by atoms with Crippen LogP contribution in [-0.4, -0.2) is 16.2 Å². The smallest absolute Gasteiger partial charge is 0.331 e. The number of carboxylic acid groups (broad SMARTS) is 1. The van der Waals surface area contributed by atoms with Gasteiger partial charge in [-0.15, -0.1) is 0 Å². The monoisotopic (exact) mass is 186 g/mol. The van der Waals surface area contributed by atoms with Gasteiger partial charge in [0, 0.05) is 6.42 Å². The van der Waals surface area contributed by atoms with Crippen molar-refractivity contribution in [2.24, 2.45) is 0 Å². The molecule has 13 heavy (non-hydrogen) atoms. The summed E-state index contributed by atoms with van der Waals surface area (Å²) in [4.78, 5) is 10.1. The second kappa shape index (κ2) is 7.65. The molecule has 0 spiro atoms. The van der Waals surface area contributed by atoms with E-state index in [0.29, 0.717) is 6.42 Å². The summed E-state index contributed by atoms with van der Waals surface area (Å²) in [6.45, 7) is 2.14. The lowest BCUT2D eigenvalue weighted by Gasteiger charge is -1.99. The van der Waals surface area contributed by atoms with Crippen LogP contribution in [0.2, 0.25) is 0 Å². The maximum Gasteiger partial charge on any atom is 0.331 e. The van der Waals surface area contributed by atoms with E-state index in [1.807, 2.05) is 0 Å². The van der Waals surface area contributed by atoms with E-state index in [0.717, 1.165) is 25.3 Å². The van der Waals surface area contributed by atoms with Crippen LogP contribution >= 0.6 is 0 Å². The van der Waals surface area contributed by atoms with Crippen LogP contribution in [0.3, 0.4) is 0 Å². The molecule has 0 aromatic carbocycles. The molecule has 0 amide bonds. The van der Waals surface area contributed by atoms with Crippen LogP contribution in [0, 0.1) is 0 Å². The number of rotatable bonds is 7. The molecule has 0 rings (SSSR count). The highest BCUT2D eigenvalue weighted by atomic mass is 16.4. The fraction of sp³-hybridized carbons (Fsp3) is 0.700. The number of aliphatic hydroxyl groups is 1. The van der Waals surface area contributed by atoms with Crippen LogP contribution in [-0.2, 0) is 4.79 Å². The van der Waals surface area contributed by atoms with Gasteiger partial charge in [-0.25, -0.2) is 4.79 Å². The molecule has 0 aliphatic heterocycles. The molecular formula is C10H18O3. The zero-order valence-electron chi connectivity index (χ0n) is 8.12. The number of carboxylic acids is 1. The summed E-state index contributed by atoms with van der Waals surface area (Å²) in [6, 6.07) is 0. The zero-order valence-corrected chi connectivity index (χ0v) is 8.12. The lowest BCUT2D eigenvalue weighted by Crippen LogP contribution is -1.92. The van der Waals surface area contributed by atoms with E-state index in [2.05, 4.69) is 6.92 Å². The summed E-state index contributed by atoms with van der Waals surface area (Å²) in [6.07, 6.45) is 6.84. The molecule has 0 saturated carbocycles. The quantitative estimate of drug-likeness (QED) is 0.365. The first kappa shape index (κ1) is 12.0. The SMILES string of the molecule is CCCCCCC/C(O)=C\C(=O)O. The molecule has 0 bridgehead atoms. The highest BCUT2D eigenvalue weighted by molar-refractivity contribution is 5.80. The highest BCUT2D eigenvalue weighted by Crippen LogP contribution is 2.08. The van der Waals surface area contributed by atoms with Crippen LogP contribution in [0.25, 0.3) is 0 Å². The van der Waals surface area contributed by atoms with E-state index in [1.165, 1.54) is 12.8 Å². The maximum absolute atomic E-state index is 10.1. The minimum atomic E-state index is -1.08. The van der Waals surface area contributed by atoms with Gasteiger partial charge in [-0.2, -0.15) is 0 Å². The van der Waals surface area contributed by atoms with Crippen molar-refractivity contribution in [3.05, 3.63) is 11.8 Å². The average Bonchev–Trinajstić information content (AvgIpc) is 2.02. The molecule has 0 aliphatic carbocycles. The Morgan fingerprint density at radius 3 is 2.31 bits per heavy atom. The predicted molar refractivity (Wildman–Crippen MR) is 51.7 cm³/mol. The molecule has 3 heteroatoms. The van der Waals surface area contributed by atoms with E-state index < -0.39 is 5.97 Å². The summed E-state index contributed by atoms with van der Waals surface area (Å²) >= 11 is 0. The summed E-state index contributed by atoms with van der Waals surface area (Å²) in [5, 5.41) is 17.3. The molecule has 0 heterocycles. The lowest BCUT2D eigenvalue weighted by atomic mass is 10.1. The molecule has 76 valence electrons. The molecule has 0 unspecified atom stereocenters. The Morgan fingerprint density at radius 2 is 1.77 bits per heavy atom. The summed E-state index contributed by atoms with van der Waals surface area (Å²) in [5.74, 6) is -1.10. The van der Waals surface area contributed by atoms with Gasteiger partial charge >= 0.3 is 5.97 Å². The highest BCUT2D eigenvalue weighted by Gasteiger charge is 1.97. The van der Waals surface area contributed by atoms with Crippen LogP contribution in [0.4, 0.5) is 0 Å². The Kier molecular flexibility index (Phi) is 7.07. The van der Waals surface area contributed by atoms with E-state index in [4.69, 9.17) is 10.2 Å². The number of aliphatic carboxylic acids is 1.